The summed E-state index contributed by atoms with van der Waals surface area (Å²) in [5.74, 6) is -1.15. The largest absolute Gasteiger partial charge is 0.451 e. The molecule has 0 unspecified atom stereocenters. The molecule has 2 atom stereocenters. The van der Waals surface area contributed by atoms with Gasteiger partial charge in [-0.25, -0.2) is 18.4 Å². The van der Waals surface area contributed by atoms with E-state index in [9.17, 15) is 22.8 Å². The van der Waals surface area contributed by atoms with Gasteiger partial charge in [-0.05, 0) is 61.8 Å². The van der Waals surface area contributed by atoms with E-state index in [0.29, 0.717) is 23.4 Å². The molecule has 0 fully saturated rings. The van der Waals surface area contributed by atoms with Crippen molar-refractivity contribution in [1.82, 2.24) is 5.32 Å². The summed E-state index contributed by atoms with van der Waals surface area (Å²) in [5, 5.41) is 10.2. The minimum atomic E-state index is -3.85. The fourth-order valence-electron chi connectivity index (χ4n) is 2.60. The number of thioether (sulfide) groups is 1. The molecule has 0 saturated heterocycles. The van der Waals surface area contributed by atoms with Crippen LogP contribution in [0.15, 0.2) is 59.5 Å². The van der Waals surface area contributed by atoms with E-state index in [-0.39, 0.29) is 4.90 Å². The Morgan fingerprint density at radius 3 is 2.25 bits per heavy atom. The van der Waals surface area contributed by atoms with Crippen LogP contribution < -0.4 is 15.8 Å². The van der Waals surface area contributed by atoms with Crippen LogP contribution in [0, 0.1) is 0 Å². The number of hydrogen-bond donors (Lipinski definition) is 3. The zero-order valence-corrected chi connectivity index (χ0v) is 19.2. The number of hydrogen-bond acceptors (Lipinski definition) is 7. The minimum Gasteiger partial charge on any atom is -0.451 e. The second-order valence-corrected chi connectivity index (χ2v) is 9.36. The van der Waals surface area contributed by atoms with E-state index in [0.717, 1.165) is 0 Å². The van der Waals surface area contributed by atoms with Crippen molar-refractivity contribution in [3.63, 3.8) is 0 Å². The fraction of sp³-hybridized carbons (Fsp3) is 0.286. The maximum absolute atomic E-state index is 12.6. The number of esters is 1. The van der Waals surface area contributed by atoms with Crippen LogP contribution >= 0.6 is 11.8 Å². The van der Waals surface area contributed by atoms with Gasteiger partial charge in [0.1, 0.15) is 6.04 Å². The number of nitrogens with one attached hydrogen (secondary N) is 2. The van der Waals surface area contributed by atoms with Crippen molar-refractivity contribution in [2.75, 3.05) is 17.3 Å². The van der Waals surface area contributed by atoms with Crippen molar-refractivity contribution in [3.05, 3.63) is 60.2 Å². The second-order valence-electron chi connectivity index (χ2n) is 6.81. The van der Waals surface area contributed by atoms with E-state index < -0.39 is 40.0 Å². The average Bonchev–Trinajstić information content (AvgIpc) is 2.76. The Hall–Kier alpha value is -2.89. The van der Waals surface area contributed by atoms with Crippen molar-refractivity contribution >= 4 is 45.3 Å². The van der Waals surface area contributed by atoms with Gasteiger partial charge in [-0.1, -0.05) is 18.2 Å². The maximum atomic E-state index is 12.6. The van der Waals surface area contributed by atoms with E-state index >= 15 is 0 Å². The Morgan fingerprint density at radius 1 is 1.06 bits per heavy atom. The van der Waals surface area contributed by atoms with Crippen molar-refractivity contribution in [1.29, 1.82) is 0 Å². The highest BCUT2D eigenvalue weighted by Crippen LogP contribution is 2.14. The number of rotatable bonds is 10. The lowest BCUT2D eigenvalue weighted by atomic mass is 10.1. The number of primary sulfonamides is 1. The predicted molar refractivity (Wildman–Crippen MR) is 123 cm³/mol. The SMILES string of the molecule is CSCC[C@H](NC(=O)c1ccccc1)C(=O)O[C@H](C)C(=O)Nc1ccc(S(N)(=O)=O)cc1. The molecular weight excluding hydrogens is 454 g/mol. The van der Waals surface area contributed by atoms with E-state index in [1.165, 1.54) is 43.0 Å². The number of amides is 2. The summed E-state index contributed by atoms with van der Waals surface area (Å²) in [7, 11) is -3.85. The Balaban J connectivity index is 1.99. The Morgan fingerprint density at radius 2 is 1.69 bits per heavy atom. The Bertz CT molecular complexity index is 1040. The van der Waals surface area contributed by atoms with Crippen LogP contribution in [0.3, 0.4) is 0 Å². The van der Waals surface area contributed by atoms with Gasteiger partial charge in [0.05, 0.1) is 4.90 Å². The molecule has 4 N–H and O–H groups in total. The normalized spacial score (nSPS) is 13.0. The lowest BCUT2D eigenvalue weighted by Crippen LogP contribution is -2.44. The third-order valence-corrected chi connectivity index (χ3v) is 5.92. The molecule has 0 spiro atoms. The summed E-state index contributed by atoms with van der Waals surface area (Å²) in [4.78, 5) is 37.3. The molecule has 0 aliphatic rings. The highest BCUT2D eigenvalue weighted by Gasteiger charge is 2.26. The average molecular weight is 480 g/mol. The number of benzene rings is 2. The topological polar surface area (TPSA) is 145 Å². The van der Waals surface area contributed by atoms with Crippen LogP contribution in [0.4, 0.5) is 5.69 Å². The summed E-state index contributed by atoms with van der Waals surface area (Å²) in [6.45, 7) is 1.40. The van der Waals surface area contributed by atoms with Crippen LogP contribution in [0.2, 0.25) is 0 Å². The first-order valence-corrected chi connectivity index (χ1v) is 12.5. The third kappa shape index (κ3) is 7.66. The van der Waals surface area contributed by atoms with Gasteiger partial charge in [0.25, 0.3) is 11.8 Å². The molecule has 0 aliphatic heterocycles. The molecule has 2 rings (SSSR count). The van der Waals surface area contributed by atoms with Gasteiger partial charge >= 0.3 is 5.97 Å². The molecule has 0 aliphatic carbocycles. The van der Waals surface area contributed by atoms with Crippen LogP contribution in [-0.4, -0.2) is 50.4 Å². The van der Waals surface area contributed by atoms with Crippen molar-refractivity contribution in [3.8, 4) is 0 Å². The molecule has 0 aromatic heterocycles. The highest BCUT2D eigenvalue weighted by atomic mass is 32.2. The smallest absolute Gasteiger partial charge is 0.329 e. The van der Waals surface area contributed by atoms with Gasteiger partial charge < -0.3 is 15.4 Å². The van der Waals surface area contributed by atoms with Gasteiger partial charge in [-0.2, -0.15) is 11.8 Å². The number of sulfonamides is 1. The number of anilines is 1. The monoisotopic (exact) mass is 479 g/mol. The molecule has 0 saturated carbocycles. The van der Waals surface area contributed by atoms with Crippen molar-refractivity contribution in [2.24, 2.45) is 5.14 Å². The second kappa shape index (κ2) is 11.7. The highest BCUT2D eigenvalue weighted by molar-refractivity contribution is 7.98. The van der Waals surface area contributed by atoms with E-state index in [4.69, 9.17) is 9.88 Å². The summed E-state index contributed by atoms with van der Waals surface area (Å²) in [5.41, 5.74) is 0.713. The first kappa shape index (κ1) is 25.4. The van der Waals surface area contributed by atoms with Crippen molar-refractivity contribution in [2.45, 2.75) is 30.4 Å². The molecule has 9 nitrogen and oxygen atoms in total. The zero-order chi connectivity index (χ0) is 23.7. The van der Waals surface area contributed by atoms with Crippen LogP contribution in [0.25, 0.3) is 0 Å². The first-order chi connectivity index (χ1) is 15.1. The lowest BCUT2D eigenvalue weighted by Gasteiger charge is -2.20. The molecule has 0 radical (unpaired) electrons. The maximum Gasteiger partial charge on any atom is 0.329 e. The number of ether oxygens (including phenoxy) is 1. The quantitative estimate of drug-likeness (QED) is 0.440. The number of carbonyl (C=O) groups is 3. The van der Waals surface area contributed by atoms with Gasteiger partial charge in [0.15, 0.2) is 6.10 Å². The molecule has 2 aromatic carbocycles. The summed E-state index contributed by atoms with van der Waals surface area (Å²) >= 11 is 1.51. The van der Waals surface area contributed by atoms with Gasteiger partial charge in [0.2, 0.25) is 10.0 Å². The molecular formula is C21H25N3O6S2. The van der Waals surface area contributed by atoms with Crippen LogP contribution in [0.1, 0.15) is 23.7 Å². The summed E-state index contributed by atoms with van der Waals surface area (Å²) in [6.07, 6.45) is 1.06. The Labute approximate surface area is 191 Å². The van der Waals surface area contributed by atoms with Gasteiger partial charge in [-0.3, -0.25) is 9.59 Å². The van der Waals surface area contributed by atoms with Crippen LogP contribution in [-0.2, 0) is 24.3 Å². The summed E-state index contributed by atoms with van der Waals surface area (Å²) < 4.78 is 27.9. The van der Waals surface area contributed by atoms with Crippen molar-refractivity contribution < 1.29 is 27.5 Å². The molecule has 2 aromatic rings. The van der Waals surface area contributed by atoms with Gasteiger partial charge in [-0.15, -0.1) is 0 Å². The molecule has 172 valence electrons. The van der Waals surface area contributed by atoms with E-state index in [1.54, 1.807) is 30.3 Å². The molecule has 11 heteroatoms. The zero-order valence-electron chi connectivity index (χ0n) is 17.6. The van der Waals surface area contributed by atoms with E-state index in [2.05, 4.69) is 10.6 Å². The minimum absolute atomic E-state index is 0.0965. The van der Waals surface area contributed by atoms with Gasteiger partial charge in [0, 0.05) is 11.3 Å². The van der Waals surface area contributed by atoms with Crippen LogP contribution in [0.5, 0.6) is 0 Å². The number of carbonyl (C=O) groups excluding carboxylic acids is 3. The number of nitrogens with two attached hydrogens (primary N) is 1. The first-order valence-electron chi connectivity index (χ1n) is 9.61. The molecule has 32 heavy (non-hydrogen) atoms. The predicted octanol–water partition coefficient (Wildman–Crippen LogP) is 1.76. The Kier molecular flexibility index (Phi) is 9.24. The fourth-order valence-corrected chi connectivity index (χ4v) is 3.58. The summed E-state index contributed by atoms with van der Waals surface area (Å²) in [6, 6.07) is 12.8. The van der Waals surface area contributed by atoms with E-state index in [1.807, 2.05) is 6.26 Å². The standard InChI is InChI=1S/C21H25N3O6S2/c1-14(19(25)23-16-8-10-17(11-9-16)32(22,28)29)30-21(27)18(12-13-31-2)24-20(26)15-6-4-3-5-7-15/h3-11,14,18H,12-13H2,1-2H3,(H,23,25)(H,24,26)(H2,22,28,29)/t14-,18+/m1/s1. The third-order valence-electron chi connectivity index (χ3n) is 4.35. The molecule has 0 bridgehead atoms. The molecule has 2 amide bonds. The lowest BCUT2D eigenvalue weighted by molar-refractivity contribution is -0.155. The molecule has 0 heterocycles.